The summed E-state index contributed by atoms with van der Waals surface area (Å²) in [5, 5.41) is 10.3. The van der Waals surface area contributed by atoms with Crippen molar-refractivity contribution in [3.63, 3.8) is 0 Å². The molecule has 0 aliphatic carbocycles. The van der Waals surface area contributed by atoms with E-state index in [-0.39, 0.29) is 10.1 Å². The van der Waals surface area contributed by atoms with E-state index in [4.69, 9.17) is 0 Å². The molecule has 0 N–H and O–H groups in total. The summed E-state index contributed by atoms with van der Waals surface area (Å²) in [5.41, 5.74) is -1.53. The van der Waals surface area contributed by atoms with E-state index in [1.807, 2.05) is 0 Å². The second-order valence-electron chi connectivity index (χ2n) is 2.63. The van der Waals surface area contributed by atoms with Crippen LogP contribution < -0.4 is 5.56 Å². The lowest BCUT2D eigenvalue weighted by molar-refractivity contribution is -0.385. The van der Waals surface area contributed by atoms with Crippen molar-refractivity contribution in [3.05, 3.63) is 38.3 Å². The molecule has 1 rings (SSSR count). The van der Waals surface area contributed by atoms with Crippen LogP contribution in [0.3, 0.4) is 0 Å². The maximum absolute atomic E-state index is 12.2. The molecule has 1 heterocycles. The van der Waals surface area contributed by atoms with Crippen LogP contribution in [0.4, 0.5) is 14.5 Å². The number of rotatable bonds is 2. The molecule has 0 saturated heterocycles. The molecule has 1 aromatic rings. The van der Waals surface area contributed by atoms with Gasteiger partial charge in [0.15, 0.2) is 0 Å². The topological polar surface area (TPSA) is 65.1 Å². The van der Waals surface area contributed by atoms with Crippen molar-refractivity contribution in [2.24, 2.45) is 0 Å². The van der Waals surface area contributed by atoms with Gasteiger partial charge in [-0.1, -0.05) is 0 Å². The summed E-state index contributed by atoms with van der Waals surface area (Å²) in [5.74, 6) is 0. The number of aromatic nitrogens is 1. The number of alkyl halides is 2. The molecule has 0 aliphatic rings. The van der Waals surface area contributed by atoms with Crippen LogP contribution in [0.2, 0.25) is 0 Å². The van der Waals surface area contributed by atoms with Crippen LogP contribution in [0, 0.1) is 17.0 Å². The Labute approximate surface area is 76.7 Å². The lowest BCUT2D eigenvalue weighted by atomic mass is 10.3. The average Bonchev–Trinajstić information content (AvgIpc) is 2.08. The Morgan fingerprint density at radius 3 is 2.57 bits per heavy atom. The summed E-state index contributed by atoms with van der Waals surface area (Å²) in [6, 6.07) is 0.960. The van der Waals surface area contributed by atoms with Gasteiger partial charge in [-0.05, 0) is 6.92 Å². The fourth-order valence-corrected chi connectivity index (χ4v) is 0.970. The van der Waals surface area contributed by atoms with E-state index in [1.54, 1.807) is 0 Å². The summed E-state index contributed by atoms with van der Waals surface area (Å²) >= 11 is 0. The zero-order valence-corrected chi connectivity index (χ0v) is 7.11. The number of nitrogens with zero attached hydrogens (tertiary/aromatic N) is 2. The van der Waals surface area contributed by atoms with Gasteiger partial charge in [-0.15, -0.1) is 0 Å². The minimum atomic E-state index is -3.07. The Bertz CT molecular complexity index is 427. The van der Waals surface area contributed by atoms with Crippen molar-refractivity contribution in [3.8, 4) is 0 Å². The molecule has 0 bridgehead atoms. The summed E-state index contributed by atoms with van der Waals surface area (Å²) in [7, 11) is 0. The highest BCUT2D eigenvalue weighted by atomic mass is 19.3. The molecule has 0 aliphatic heterocycles. The predicted octanol–water partition coefficient (Wildman–Crippen LogP) is 1.46. The van der Waals surface area contributed by atoms with Crippen molar-refractivity contribution in [2.45, 2.75) is 13.5 Å². The van der Waals surface area contributed by atoms with Crippen molar-refractivity contribution in [1.82, 2.24) is 4.57 Å². The van der Waals surface area contributed by atoms with Gasteiger partial charge in [0, 0.05) is 11.6 Å². The fraction of sp³-hybridized carbons (Fsp3) is 0.286. The van der Waals surface area contributed by atoms with Gasteiger partial charge in [-0.3, -0.25) is 19.5 Å². The number of halogens is 2. The molecule has 7 heteroatoms. The fourth-order valence-electron chi connectivity index (χ4n) is 0.970. The Kier molecular flexibility index (Phi) is 2.59. The van der Waals surface area contributed by atoms with Crippen LogP contribution in [0.25, 0.3) is 0 Å². The third-order valence-electron chi connectivity index (χ3n) is 1.63. The van der Waals surface area contributed by atoms with E-state index >= 15 is 0 Å². The predicted molar refractivity (Wildman–Crippen MR) is 43.3 cm³/mol. The van der Waals surface area contributed by atoms with Gasteiger partial charge in [0.1, 0.15) is 0 Å². The first-order valence-corrected chi connectivity index (χ1v) is 3.59. The first kappa shape index (κ1) is 10.3. The van der Waals surface area contributed by atoms with Crippen LogP contribution in [-0.2, 0) is 0 Å². The Morgan fingerprint density at radius 2 is 2.14 bits per heavy atom. The number of aryl methyl sites for hydroxylation is 1. The van der Waals surface area contributed by atoms with E-state index in [1.165, 1.54) is 6.92 Å². The molecule has 0 radical (unpaired) electrons. The second kappa shape index (κ2) is 3.52. The lowest BCUT2D eigenvalue weighted by Gasteiger charge is -2.04. The molecular weight excluding hydrogens is 198 g/mol. The third-order valence-corrected chi connectivity index (χ3v) is 1.63. The molecule has 0 spiro atoms. The number of hydrogen-bond donors (Lipinski definition) is 0. The van der Waals surface area contributed by atoms with Gasteiger partial charge in [0.05, 0.1) is 11.1 Å². The Balaban J connectivity index is 3.43. The van der Waals surface area contributed by atoms with E-state index in [0.29, 0.717) is 6.20 Å². The first-order valence-electron chi connectivity index (χ1n) is 3.59. The van der Waals surface area contributed by atoms with Crippen LogP contribution in [0.5, 0.6) is 0 Å². The summed E-state index contributed by atoms with van der Waals surface area (Å²) in [6.07, 6.45) is 0.528. The van der Waals surface area contributed by atoms with Gasteiger partial charge in [-0.2, -0.15) is 8.78 Å². The van der Waals surface area contributed by atoms with Crippen molar-refractivity contribution >= 4 is 5.69 Å². The number of pyridine rings is 1. The molecule has 14 heavy (non-hydrogen) atoms. The molecule has 5 nitrogen and oxygen atoms in total. The zero-order chi connectivity index (χ0) is 10.9. The van der Waals surface area contributed by atoms with E-state index < -0.39 is 22.7 Å². The summed E-state index contributed by atoms with van der Waals surface area (Å²) in [4.78, 5) is 20.5. The van der Waals surface area contributed by atoms with Crippen LogP contribution in [0.15, 0.2) is 17.1 Å². The van der Waals surface area contributed by atoms with Crippen LogP contribution in [-0.4, -0.2) is 9.49 Å². The van der Waals surface area contributed by atoms with Crippen molar-refractivity contribution in [1.29, 1.82) is 0 Å². The smallest absolute Gasteiger partial charge is 0.269 e. The van der Waals surface area contributed by atoms with Gasteiger partial charge in [0.2, 0.25) is 0 Å². The monoisotopic (exact) mass is 204 g/mol. The van der Waals surface area contributed by atoms with Crippen molar-refractivity contribution < 1.29 is 13.7 Å². The third kappa shape index (κ3) is 1.76. The minimum Gasteiger partial charge on any atom is -0.269 e. The number of nitro groups is 1. The van der Waals surface area contributed by atoms with E-state index in [0.717, 1.165) is 6.07 Å². The molecule has 0 aromatic carbocycles. The second-order valence-corrected chi connectivity index (χ2v) is 2.63. The largest absolute Gasteiger partial charge is 0.321 e. The van der Waals surface area contributed by atoms with Crippen LogP contribution >= 0.6 is 0 Å². The Morgan fingerprint density at radius 1 is 1.57 bits per heavy atom. The molecule has 76 valence electrons. The van der Waals surface area contributed by atoms with E-state index in [9.17, 15) is 23.7 Å². The highest BCUT2D eigenvalue weighted by Crippen LogP contribution is 2.14. The van der Waals surface area contributed by atoms with Gasteiger partial charge >= 0.3 is 6.55 Å². The zero-order valence-electron chi connectivity index (χ0n) is 7.11. The van der Waals surface area contributed by atoms with Gasteiger partial charge in [0.25, 0.3) is 11.2 Å². The lowest BCUT2D eigenvalue weighted by Crippen LogP contribution is -2.22. The molecular formula is C7H6F2N2O3. The molecule has 0 unspecified atom stereocenters. The molecule has 1 aromatic heterocycles. The highest BCUT2D eigenvalue weighted by Gasteiger charge is 2.15. The average molecular weight is 204 g/mol. The van der Waals surface area contributed by atoms with Gasteiger partial charge < -0.3 is 0 Å². The maximum atomic E-state index is 12.2. The Hall–Kier alpha value is -1.79. The standard InChI is InChI=1S/C7H6F2N2O3/c1-4-2-5(11(13)14)3-10(6(4)12)7(8)9/h2-3,7H,1H3. The normalized spacial score (nSPS) is 10.6. The summed E-state index contributed by atoms with van der Waals surface area (Å²) in [6.45, 7) is -1.82. The molecule has 0 saturated carbocycles. The van der Waals surface area contributed by atoms with Crippen LogP contribution in [0.1, 0.15) is 12.1 Å². The first-order chi connectivity index (χ1) is 6.43. The quantitative estimate of drug-likeness (QED) is 0.541. The minimum absolute atomic E-state index is 0.0352. The molecule has 0 atom stereocenters. The molecule has 0 fully saturated rings. The highest BCUT2D eigenvalue weighted by molar-refractivity contribution is 5.30. The molecule has 0 amide bonds. The summed E-state index contributed by atoms with van der Waals surface area (Å²) < 4.78 is 24.4. The SMILES string of the molecule is Cc1cc([N+](=O)[O-])cn(C(F)F)c1=O. The van der Waals surface area contributed by atoms with Gasteiger partial charge in [-0.25, -0.2) is 0 Å². The van der Waals surface area contributed by atoms with Crippen molar-refractivity contribution in [2.75, 3.05) is 0 Å². The van der Waals surface area contributed by atoms with E-state index in [2.05, 4.69) is 0 Å². The maximum Gasteiger partial charge on any atom is 0.321 e. The number of hydrogen-bond acceptors (Lipinski definition) is 3.